The van der Waals surface area contributed by atoms with E-state index in [2.05, 4.69) is 38.1 Å². The molecule has 1 saturated carbocycles. The van der Waals surface area contributed by atoms with Crippen LogP contribution in [0.15, 0.2) is 30.3 Å². The number of ketones is 1. The van der Waals surface area contributed by atoms with E-state index in [1.807, 2.05) is 6.07 Å². The number of Topliss-reactive ketones (excluding diaryl/α,β-unsaturated/α-hetero) is 1. The van der Waals surface area contributed by atoms with Crippen LogP contribution in [0.4, 0.5) is 0 Å². The predicted molar refractivity (Wildman–Crippen MR) is 66.3 cm³/mol. The molecule has 1 atom stereocenters. The van der Waals surface area contributed by atoms with Gasteiger partial charge in [0, 0.05) is 11.8 Å². The average molecular weight is 216 g/mol. The number of carbonyl (C=O) groups excluding carboxylic acids is 1. The van der Waals surface area contributed by atoms with Gasteiger partial charge >= 0.3 is 0 Å². The average Bonchev–Trinajstić information content (AvgIpc) is 2.63. The SMILES string of the molecule is CC(C)[C@@]1(Cc2ccccc2)CCCC1=O. The van der Waals surface area contributed by atoms with E-state index < -0.39 is 0 Å². The molecule has 86 valence electrons. The Balaban J connectivity index is 2.25. The van der Waals surface area contributed by atoms with Crippen molar-refractivity contribution in [2.24, 2.45) is 11.3 Å². The molecule has 1 heteroatoms. The first-order valence-electron chi connectivity index (χ1n) is 6.22. The van der Waals surface area contributed by atoms with Crippen LogP contribution in [0.3, 0.4) is 0 Å². The molecule has 0 spiro atoms. The van der Waals surface area contributed by atoms with E-state index in [0.717, 1.165) is 25.7 Å². The molecule has 1 aromatic carbocycles. The first-order chi connectivity index (χ1) is 7.65. The molecule has 0 radical (unpaired) electrons. The third-order valence-corrected chi connectivity index (χ3v) is 4.05. The van der Waals surface area contributed by atoms with Crippen molar-refractivity contribution in [3.8, 4) is 0 Å². The van der Waals surface area contributed by atoms with Gasteiger partial charge in [-0.2, -0.15) is 0 Å². The molecular formula is C15H20O. The lowest BCUT2D eigenvalue weighted by Gasteiger charge is -2.32. The minimum atomic E-state index is -0.0820. The van der Waals surface area contributed by atoms with E-state index in [-0.39, 0.29) is 5.41 Å². The van der Waals surface area contributed by atoms with Crippen molar-refractivity contribution in [2.45, 2.75) is 39.5 Å². The molecule has 1 nitrogen and oxygen atoms in total. The highest BCUT2D eigenvalue weighted by molar-refractivity contribution is 5.87. The quantitative estimate of drug-likeness (QED) is 0.754. The zero-order chi connectivity index (χ0) is 11.6. The number of benzene rings is 1. The minimum Gasteiger partial charge on any atom is -0.299 e. The molecule has 0 aliphatic heterocycles. The Morgan fingerprint density at radius 1 is 1.25 bits per heavy atom. The summed E-state index contributed by atoms with van der Waals surface area (Å²) in [5.41, 5.74) is 1.22. The predicted octanol–water partition coefficient (Wildman–Crippen LogP) is 3.62. The highest BCUT2D eigenvalue weighted by Crippen LogP contribution is 2.43. The van der Waals surface area contributed by atoms with Gasteiger partial charge in [-0.1, -0.05) is 44.2 Å². The smallest absolute Gasteiger partial charge is 0.139 e. The van der Waals surface area contributed by atoms with Crippen molar-refractivity contribution in [3.05, 3.63) is 35.9 Å². The summed E-state index contributed by atoms with van der Waals surface area (Å²) in [6, 6.07) is 10.4. The van der Waals surface area contributed by atoms with E-state index in [9.17, 15) is 4.79 Å². The van der Waals surface area contributed by atoms with Crippen LogP contribution in [0.5, 0.6) is 0 Å². The van der Waals surface area contributed by atoms with E-state index in [1.165, 1.54) is 5.56 Å². The summed E-state index contributed by atoms with van der Waals surface area (Å²) in [5.74, 6) is 0.925. The maximum absolute atomic E-state index is 12.1. The van der Waals surface area contributed by atoms with Crippen LogP contribution in [-0.2, 0) is 11.2 Å². The van der Waals surface area contributed by atoms with Crippen molar-refractivity contribution in [2.75, 3.05) is 0 Å². The van der Waals surface area contributed by atoms with E-state index in [1.54, 1.807) is 0 Å². The van der Waals surface area contributed by atoms with Gasteiger partial charge in [0.2, 0.25) is 0 Å². The molecule has 2 rings (SSSR count). The van der Waals surface area contributed by atoms with Gasteiger partial charge in [-0.05, 0) is 30.7 Å². The van der Waals surface area contributed by atoms with Crippen molar-refractivity contribution in [3.63, 3.8) is 0 Å². The highest BCUT2D eigenvalue weighted by Gasteiger charge is 2.44. The third kappa shape index (κ3) is 1.91. The molecule has 1 aliphatic carbocycles. The Morgan fingerprint density at radius 3 is 2.44 bits per heavy atom. The van der Waals surface area contributed by atoms with Crippen LogP contribution in [0, 0.1) is 11.3 Å². The van der Waals surface area contributed by atoms with Crippen molar-refractivity contribution < 1.29 is 4.79 Å². The largest absolute Gasteiger partial charge is 0.299 e. The van der Waals surface area contributed by atoms with E-state index in [4.69, 9.17) is 0 Å². The molecule has 16 heavy (non-hydrogen) atoms. The number of rotatable bonds is 3. The molecule has 0 bridgehead atoms. The number of hydrogen-bond donors (Lipinski definition) is 0. The van der Waals surface area contributed by atoms with Crippen LogP contribution < -0.4 is 0 Å². The fourth-order valence-corrected chi connectivity index (χ4v) is 2.91. The summed E-state index contributed by atoms with van der Waals surface area (Å²) in [7, 11) is 0. The van der Waals surface area contributed by atoms with Gasteiger partial charge in [0.1, 0.15) is 5.78 Å². The summed E-state index contributed by atoms with van der Waals surface area (Å²) in [6.07, 6.45) is 3.84. The molecule has 1 fully saturated rings. The van der Waals surface area contributed by atoms with Crippen LogP contribution >= 0.6 is 0 Å². The second-order valence-electron chi connectivity index (χ2n) is 5.25. The molecule has 0 unspecified atom stereocenters. The van der Waals surface area contributed by atoms with Crippen molar-refractivity contribution in [1.29, 1.82) is 0 Å². The third-order valence-electron chi connectivity index (χ3n) is 4.05. The molecule has 0 saturated heterocycles. The van der Waals surface area contributed by atoms with Crippen molar-refractivity contribution >= 4 is 5.78 Å². The van der Waals surface area contributed by atoms with Crippen molar-refractivity contribution in [1.82, 2.24) is 0 Å². The second-order valence-corrected chi connectivity index (χ2v) is 5.25. The fourth-order valence-electron chi connectivity index (χ4n) is 2.91. The summed E-state index contributed by atoms with van der Waals surface area (Å²) in [6.45, 7) is 4.37. The normalized spacial score (nSPS) is 25.3. The van der Waals surface area contributed by atoms with Crippen LogP contribution in [0.25, 0.3) is 0 Å². The molecule has 1 aliphatic rings. The molecule has 0 amide bonds. The van der Waals surface area contributed by atoms with E-state index >= 15 is 0 Å². The second kappa shape index (κ2) is 4.40. The van der Waals surface area contributed by atoms with Gasteiger partial charge < -0.3 is 0 Å². The van der Waals surface area contributed by atoms with E-state index in [0.29, 0.717) is 11.7 Å². The lowest BCUT2D eigenvalue weighted by Crippen LogP contribution is -2.34. The monoisotopic (exact) mass is 216 g/mol. The van der Waals surface area contributed by atoms with Gasteiger partial charge in [0.15, 0.2) is 0 Å². The lowest BCUT2D eigenvalue weighted by molar-refractivity contribution is -0.128. The standard InChI is InChI=1S/C15H20O/c1-12(2)15(10-6-9-14(15)16)11-13-7-4-3-5-8-13/h3-5,7-8,12H,6,9-11H2,1-2H3/t15-/m0/s1. The lowest BCUT2D eigenvalue weighted by atomic mass is 9.71. The summed E-state index contributed by atoms with van der Waals surface area (Å²) < 4.78 is 0. The molecular weight excluding hydrogens is 196 g/mol. The van der Waals surface area contributed by atoms with Gasteiger partial charge in [0.05, 0.1) is 0 Å². The Bertz CT molecular complexity index is 366. The topological polar surface area (TPSA) is 17.1 Å². The Labute approximate surface area is 97.9 Å². The van der Waals surface area contributed by atoms with Gasteiger partial charge in [0.25, 0.3) is 0 Å². The Hall–Kier alpha value is -1.11. The number of hydrogen-bond acceptors (Lipinski definition) is 1. The summed E-state index contributed by atoms with van der Waals surface area (Å²) in [4.78, 5) is 12.1. The summed E-state index contributed by atoms with van der Waals surface area (Å²) in [5, 5.41) is 0. The molecule has 1 aromatic rings. The van der Waals surface area contributed by atoms with Gasteiger partial charge in [-0.15, -0.1) is 0 Å². The maximum Gasteiger partial charge on any atom is 0.139 e. The molecule has 0 heterocycles. The van der Waals surface area contributed by atoms with Crippen LogP contribution in [0.2, 0.25) is 0 Å². The first-order valence-corrected chi connectivity index (χ1v) is 6.22. The first kappa shape index (κ1) is 11.4. The van der Waals surface area contributed by atoms with Crippen LogP contribution in [-0.4, -0.2) is 5.78 Å². The number of carbonyl (C=O) groups is 1. The molecule has 0 N–H and O–H groups in total. The minimum absolute atomic E-state index is 0.0820. The zero-order valence-corrected chi connectivity index (χ0v) is 10.2. The van der Waals surface area contributed by atoms with Gasteiger partial charge in [-0.3, -0.25) is 4.79 Å². The fraction of sp³-hybridized carbons (Fsp3) is 0.533. The Morgan fingerprint density at radius 2 is 1.94 bits per heavy atom. The van der Waals surface area contributed by atoms with Gasteiger partial charge in [-0.25, -0.2) is 0 Å². The summed E-state index contributed by atoms with van der Waals surface area (Å²) >= 11 is 0. The zero-order valence-electron chi connectivity index (χ0n) is 10.2. The maximum atomic E-state index is 12.1. The van der Waals surface area contributed by atoms with Crippen LogP contribution in [0.1, 0.15) is 38.7 Å². The highest BCUT2D eigenvalue weighted by atomic mass is 16.1. The Kier molecular flexibility index (Phi) is 3.13. The molecule has 0 aromatic heterocycles.